The number of hydrogen-bond donors (Lipinski definition) is 1. The van der Waals surface area contributed by atoms with Crippen LogP contribution in [-0.4, -0.2) is 24.2 Å². The zero-order valence-electron chi connectivity index (χ0n) is 8.07. The minimum Gasteiger partial charge on any atom is -0.406 e. The molecule has 1 aromatic rings. The molecule has 88 valence electrons. The van der Waals surface area contributed by atoms with Crippen LogP contribution in [0.15, 0.2) is 24.3 Å². The highest BCUT2D eigenvalue weighted by Gasteiger charge is 2.40. The smallest absolute Gasteiger partial charge is 0.406 e. The van der Waals surface area contributed by atoms with Crippen LogP contribution in [0.2, 0.25) is 0 Å². The Morgan fingerprint density at radius 1 is 1.38 bits per heavy atom. The van der Waals surface area contributed by atoms with Gasteiger partial charge in [0.15, 0.2) is 0 Å². The zero-order chi connectivity index (χ0) is 11.8. The van der Waals surface area contributed by atoms with Crippen molar-refractivity contribution in [3.05, 3.63) is 29.8 Å². The Kier molecular flexibility index (Phi) is 2.77. The summed E-state index contributed by atoms with van der Waals surface area (Å²) in [4.78, 5) is 0. The monoisotopic (exact) mass is 234 g/mol. The normalized spacial score (nSPS) is 24.2. The van der Waals surface area contributed by atoms with Crippen molar-refractivity contribution in [3.8, 4) is 5.75 Å². The van der Waals surface area contributed by atoms with Crippen LogP contribution in [0.1, 0.15) is 11.7 Å². The van der Waals surface area contributed by atoms with E-state index >= 15 is 0 Å². The number of aliphatic hydroxyl groups excluding tert-OH is 1. The van der Waals surface area contributed by atoms with Crippen LogP contribution in [-0.2, 0) is 4.74 Å². The fourth-order valence-electron chi connectivity index (χ4n) is 1.46. The average Bonchev–Trinajstić information content (AvgIpc) is 2.94. The second kappa shape index (κ2) is 3.95. The highest BCUT2D eigenvalue weighted by atomic mass is 19.4. The van der Waals surface area contributed by atoms with Gasteiger partial charge in [0.25, 0.3) is 0 Å². The first-order chi connectivity index (χ1) is 7.49. The molecule has 2 rings (SSSR count). The van der Waals surface area contributed by atoms with E-state index in [1.165, 1.54) is 18.2 Å². The Morgan fingerprint density at radius 3 is 2.69 bits per heavy atom. The maximum atomic E-state index is 11.9. The molecule has 1 saturated heterocycles. The van der Waals surface area contributed by atoms with Crippen LogP contribution in [0.4, 0.5) is 13.2 Å². The third kappa shape index (κ3) is 2.65. The predicted octanol–water partition coefficient (Wildman–Crippen LogP) is 2.02. The van der Waals surface area contributed by atoms with Crippen LogP contribution in [0.5, 0.6) is 5.75 Å². The molecule has 0 unspecified atom stereocenters. The van der Waals surface area contributed by atoms with Gasteiger partial charge in [0, 0.05) is 0 Å². The molecule has 0 spiro atoms. The Hall–Kier alpha value is -1.27. The quantitative estimate of drug-likeness (QED) is 0.813. The molecule has 1 aromatic carbocycles. The van der Waals surface area contributed by atoms with Gasteiger partial charge in [-0.05, 0) is 17.7 Å². The lowest BCUT2D eigenvalue weighted by atomic mass is 10.1. The van der Waals surface area contributed by atoms with Crippen LogP contribution in [0.3, 0.4) is 0 Å². The summed E-state index contributed by atoms with van der Waals surface area (Å²) < 4.78 is 44.6. The highest BCUT2D eigenvalue weighted by Crippen LogP contribution is 2.39. The number of halogens is 3. The number of aliphatic hydroxyl groups is 1. The third-order valence-electron chi connectivity index (χ3n) is 2.18. The minimum atomic E-state index is -4.70. The topological polar surface area (TPSA) is 42.0 Å². The first-order valence-corrected chi connectivity index (χ1v) is 4.61. The molecule has 2 atom stereocenters. The second-order valence-electron chi connectivity index (χ2n) is 3.40. The number of ether oxygens (including phenoxy) is 2. The molecule has 1 heterocycles. The van der Waals surface area contributed by atoms with Crippen molar-refractivity contribution in [2.75, 3.05) is 6.61 Å². The van der Waals surface area contributed by atoms with Gasteiger partial charge in [0.1, 0.15) is 18.0 Å². The van der Waals surface area contributed by atoms with E-state index in [-0.39, 0.29) is 24.6 Å². The van der Waals surface area contributed by atoms with Gasteiger partial charge in [0.05, 0.1) is 6.61 Å². The average molecular weight is 234 g/mol. The van der Waals surface area contributed by atoms with E-state index in [4.69, 9.17) is 9.84 Å². The maximum absolute atomic E-state index is 11.9. The van der Waals surface area contributed by atoms with Gasteiger partial charge in [-0.25, -0.2) is 0 Å². The number of alkyl halides is 3. The maximum Gasteiger partial charge on any atom is 0.573 e. The molecule has 6 heteroatoms. The Labute approximate surface area is 89.4 Å². The van der Waals surface area contributed by atoms with E-state index in [9.17, 15) is 13.2 Å². The molecule has 1 N–H and O–H groups in total. The Balaban J connectivity index is 2.09. The molecule has 0 radical (unpaired) electrons. The van der Waals surface area contributed by atoms with E-state index in [0.29, 0.717) is 5.56 Å². The summed E-state index contributed by atoms with van der Waals surface area (Å²) >= 11 is 0. The summed E-state index contributed by atoms with van der Waals surface area (Å²) in [6.45, 7) is -0.144. The molecule has 0 amide bonds. The molecule has 16 heavy (non-hydrogen) atoms. The van der Waals surface area contributed by atoms with Gasteiger partial charge >= 0.3 is 6.36 Å². The van der Waals surface area contributed by atoms with Crippen LogP contribution in [0, 0.1) is 0 Å². The summed E-state index contributed by atoms with van der Waals surface area (Å²) in [6, 6.07) is 5.55. The van der Waals surface area contributed by atoms with Crippen LogP contribution < -0.4 is 4.74 Å². The summed E-state index contributed by atoms with van der Waals surface area (Å²) in [5.41, 5.74) is 0.570. The predicted molar refractivity (Wildman–Crippen MR) is 47.8 cm³/mol. The lowest BCUT2D eigenvalue weighted by Gasteiger charge is -2.09. The Morgan fingerprint density at radius 2 is 2.12 bits per heavy atom. The van der Waals surface area contributed by atoms with E-state index < -0.39 is 6.36 Å². The van der Waals surface area contributed by atoms with Gasteiger partial charge in [-0.2, -0.15) is 0 Å². The molecule has 0 bridgehead atoms. The van der Waals surface area contributed by atoms with Crippen molar-refractivity contribution in [2.45, 2.75) is 18.6 Å². The fourth-order valence-corrected chi connectivity index (χ4v) is 1.46. The van der Waals surface area contributed by atoms with Crippen molar-refractivity contribution < 1.29 is 27.8 Å². The highest BCUT2D eigenvalue weighted by molar-refractivity contribution is 5.32. The van der Waals surface area contributed by atoms with E-state index in [2.05, 4.69) is 4.74 Å². The first-order valence-electron chi connectivity index (χ1n) is 4.61. The SMILES string of the molecule is OC[C@H]1O[C@@H]1c1cccc(OC(F)(F)F)c1. The second-order valence-corrected chi connectivity index (χ2v) is 3.40. The molecule has 1 aliphatic heterocycles. The lowest BCUT2D eigenvalue weighted by molar-refractivity contribution is -0.274. The largest absolute Gasteiger partial charge is 0.573 e. The number of hydrogen-bond acceptors (Lipinski definition) is 3. The molecular weight excluding hydrogens is 225 g/mol. The Bertz CT molecular complexity index is 378. The molecule has 0 aliphatic carbocycles. The third-order valence-corrected chi connectivity index (χ3v) is 2.18. The molecular formula is C10H9F3O3. The van der Waals surface area contributed by atoms with Gasteiger partial charge in [-0.15, -0.1) is 13.2 Å². The zero-order valence-corrected chi connectivity index (χ0v) is 8.07. The van der Waals surface area contributed by atoms with Gasteiger partial charge in [0.2, 0.25) is 0 Å². The van der Waals surface area contributed by atoms with E-state index in [1.807, 2.05) is 0 Å². The van der Waals surface area contributed by atoms with Crippen LogP contribution >= 0.6 is 0 Å². The minimum absolute atomic E-state index is 0.144. The van der Waals surface area contributed by atoms with E-state index in [0.717, 1.165) is 0 Å². The number of rotatable bonds is 3. The number of benzene rings is 1. The summed E-state index contributed by atoms with van der Waals surface area (Å²) in [5, 5.41) is 8.76. The van der Waals surface area contributed by atoms with Crippen molar-refractivity contribution >= 4 is 0 Å². The molecule has 3 nitrogen and oxygen atoms in total. The molecule has 1 fully saturated rings. The van der Waals surface area contributed by atoms with E-state index in [1.54, 1.807) is 6.07 Å². The summed E-state index contributed by atoms with van der Waals surface area (Å²) in [7, 11) is 0. The van der Waals surface area contributed by atoms with Gasteiger partial charge in [-0.3, -0.25) is 0 Å². The van der Waals surface area contributed by atoms with Crippen molar-refractivity contribution in [3.63, 3.8) is 0 Å². The molecule has 0 saturated carbocycles. The fraction of sp³-hybridized carbons (Fsp3) is 0.400. The summed E-state index contributed by atoms with van der Waals surface area (Å²) in [5.74, 6) is -0.280. The standard InChI is InChI=1S/C10H9F3O3/c11-10(12,13)16-7-3-1-2-6(4-7)9-8(5-14)15-9/h1-4,8-9,14H,5H2/t8-,9-/m1/s1. The van der Waals surface area contributed by atoms with Crippen molar-refractivity contribution in [1.29, 1.82) is 0 Å². The summed E-state index contributed by atoms with van der Waals surface area (Å²) in [6.07, 6.45) is -5.35. The lowest BCUT2D eigenvalue weighted by Crippen LogP contribution is -2.17. The molecule has 1 aliphatic rings. The first kappa shape index (κ1) is 11.2. The van der Waals surface area contributed by atoms with Gasteiger partial charge in [-0.1, -0.05) is 12.1 Å². The molecule has 0 aromatic heterocycles. The number of epoxide rings is 1. The van der Waals surface area contributed by atoms with Crippen LogP contribution in [0.25, 0.3) is 0 Å². The van der Waals surface area contributed by atoms with Crippen molar-refractivity contribution in [2.24, 2.45) is 0 Å². The van der Waals surface area contributed by atoms with Crippen molar-refractivity contribution in [1.82, 2.24) is 0 Å². The van der Waals surface area contributed by atoms with Gasteiger partial charge < -0.3 is 14.6 Å².